The molecule has 0 saturated carbocycles. The van der Waals surface area contributed by atoms with Crippen molar-refractivity contribution < 1.29 is 46.2 Å². The van der Waals surface area contributed by atoms with E-state index >= 15 is 0 Å². The molecule has 8 nitrogen and oxygen atoms in total. The molecule has 1 aromatic heterocycles. The van der Waals surface area contributed by atoms with Gasteiger partial charge in [0.2, 0.25) is 3.79 Å². The van der Waals surface area contributed by atoms with E-state index in [4.69, 9.17) is 53.4 Å². The van der Waals surface area contributed by atoms with Gasteiger partial charge < -0.3 is 18.6 Å². The van der Waals surface area contributed by atoms with Gasteiger partial charge in [-0.15, -0.1) is 17.9 Å². The fourth-order valence-electron chi connectivity index (χ4n) is 6.04. The first kappa shape index (κ1) is 49.9. The number of nitrogens with zero attached hydrogens (tertiary/aromatic N) is 1. The summed E-state index contributed by atoms with van der Waals surface area (Å²) < 4.78 is 62.4. The first-order valence-corrected chi connectivity index (χ1v) is 22.4. The summed E-state index contributed by atoms with van der Waals surface area (Å²) in [6, 6.07) is 2.10. The maximum absolute atomic E-state index is 14.6. The summed E-state index contributed by atoms with van der Waals surface area (Å²) in [4.78, 5) is 45.6. The number of Topliss-reactive ketones (excluding diaryl/α,β-unsaturated/α-hetero) is 1. The molecule has 0 aliphatic rings. The molecule has 1 aromatic rings. The Morgan fingerprint density at radius 1 is 1.02 bits per heavy atom. The van der Waals surface area contributed by atoms with E-state index in [0.29, 0.717) is 41.9 Å². The van der Waals surface area contributed by atoms with Crippen molar-refractivity contribution in [3.8, 4) is 0 Å². The molecule has 0 aliphatic carbocycles. The summed E-state index contributed by atoms with van der Waals surface area (Å²) in [6.07, 6.45) is -4.25. The van der Waals surface area contributed by atoms with Gasteiger partial charge in [0.05, 0.1) is 34.7 Å². The van der Waals surface area contributed by atoms with E-state index in [2.05, 4.69) is 18.1 Å². The summed E-state index contributed by atoms with van der Waals surface area (Å²) in [5, 5.41) is 2.58. The first-order valence-electron chi connectivity index (χ1n) is 17.8. The molecule has 0 bridgehead atoms. The minimum Gasteiger partial charge on any atom is -0.457 e. The quantitative estimate of drug-likeness (QED) is 0.0373. The highest BCUT2D eigenvalue weighted by Gasteiger charge is 2.48. The Morgan fingerprint density at radius 3 is 2.07 bits per heavy atom. The number of ketones is 1. The number of carbonyl (C=O) groups is 3. The molecule has 0 spiro atoms. The molecule has 0 aromatic carbocycles. The number of halogens is 6. The van der Waals surface area contributed by atoms with Crippen LogP contribution in [-0.4, -0.2) is 66.1 Å². The van der Waals surface area contributed by atoms with Crippen molar-refractivity contribution >= 4 is 78.4 Å². The molecule has 0 radical (unpaired) electrons. The lowest BCUT2D eigenvalue weighted by Crippen LogP contribution is -2.52. The number of esters is 1. The molecule has 0 amide bonds. The molecule has 0 aliphatic heterocycles. The van der Waals surface area contributed by atoms with Crippen LogP contribution in [0.2, 0.25) is 18.1 Å². The molecular formula is C38H55Cl3F3NO7SSi. The molecule has 16 heteroatoms. The fourth-order valence-corrected chi connectivity index (χ4v) is 9.76. The largest absolute Gasteiger partial charge is 0.508 e. The maximum atomic E-state index is 14.6. The molecule has 1 heterocycles. The van der Waals surface area contributed by atoms with E-state index in [1.807, 2.05) is 27.7 Å². The molecule has 5 atom stereocenters. The van der Waals surface area contributed by atoms with Crippen molar-refractivity contribution in [2.75, 3.05) is 6.61 Å². The second-order valence-corrected chi connectivity index (χ2v) is 22.2. The molecule has 306 valence electrons. The highest BCUT2D eigenvalue weighted by atomic mass is 35.6. The first-order chi connectivity index (χ1) is 24.9. The average Bonchev–Trinajstić information content (AvgIpc) is 3.50. The number of hydrogen-bond acceptors (Lipinski definition) is 9. The van der Waals surface area contributed by atoms with Gasteiger partial charge in [-0.2, -0.15) is 13.2 Å². The van der Waals surface area contributed by atoms with E-state index < -0.39 is 72.2 Å². The standard InChI is InChI=1S/C38H55Cl3F3NO7SSi/c1-12-17-24(6)33(51-35(48)49-23-37(39,40)41)26(8)34(47)36(10,11)31(52-54(14-3,15-4)16-5)21-32(46)50-30(19-18-28(13-2)38(42,43)44)25(7)20-29-22-53-27(9)45-29/h12-13,18,20,22,24,26,30-31,33H,1-2,14-17,19,21,23H2,3-11H3/b25-20+,28-18+/t24-,26+,30-,31-,33-/m0/s1. The molecule has 1 rings (SSSR count). The van der Waals surface area contributed by atoms with Crippen LogP contribution in [0.1, 0.15) is 85.4 Å². The Kier molecular flexibility index (Phi) is 20.3. The number of thiazole rings is 1. The van der Waals surface area contributed by atoms with Gasteiger partial charge in [-0.05, 0) is 56.0 Å². The van der Waals surface area contributed by atoms with Crippen molar-refractivity contribution in [3.63, 3.8) is 0 Å². The number of aryl methyl sites for hydroxylation is 1. The third kappa shape index (κ3) is 15.8. The van der Waals surface area contributed by atoms with Crippen LogP contribution < -0.4 is 0 Å². The number of rotatable bonds is 22. The van der Waals surface area contributed by atoms with Crippen LogP contribution in [0.25, 0.3) is 6.08 Å². The number of ether oxygens (including phenoxy) is 3. The zero-order chi connectivity index (χ0) is 41.7. The van der Waals surface area contributed by atoms with Crippen molar-refractivity contribution in [1.82, 2.24) is 4.98 Å². The van der Waals surface area contributed by atoms with Crippen LogP contribution in [0.15, 0.2) is 47.9 Å². The van der Waals surface area contributed by atoms with E-state index in [-0.39, 0.29) is 24.5 Å². The predicted molar refractivity (Wildman–Crippen MR) is 214 cm³/mol. The van der Waals surface area contributed by atoms with E-state index in [1.165, 1.54) is 11.3 Å². The topological polar surface area (TPSA) is 101 Å². The zero-order valence-electron chi connectivity index (χ0n) is 32.6. The predicted octanol–water partition coefficient (Wildman–Crippen LogP) is 11.9. The lowest BCUT2D eigenvalue weighted by molar-refractivity contribution is -0.153. The zero-order valence-corrected chi connectivity index (χ0v) is 36.7. The van der Waals surface area contributed by atoms with Gasteiger partial charge in [-0.25, -0.2) is 9.78 Å². The molecule has 0 saturated heterocycles. The molecule has 54 heavy (non-hydrogen) atoms. The highest BCUT2D eigenvalue weighted by Crippen LogP contribution is 2.38. The minimum atomic E-state index is -4.65. The lowest BCUT2D eigenvalue weighted by atomic mass is 9.73. The molecule has 0 unspecified atom stereocenters. The van der Waals surface area contributed by atoms with Crippen LogP contribution >= 0.6 is 46.1 Å². The summed E-state index contributed by atoms with van der Waals surface area (Å²) >= 11 is 18.6. The number of aromatic nitrogens is 1. The lowest BCUT2D eigenvalue weighted by Gasteiger charge is -2.42. The van der Waals surface area contributed by atoms with Crippen LogP contribution in [0.3, 0.4) is 0 Å². The van der Waals surface area contributed by atoms with Gasteiger partial charge in [0, 0.05) is 17.2 Å². The van der Waals surface area contributed by atoms with Gasteiger partial charge in [0.25, 0.3) is 0 Å². The van der Waals surface area contributed by atoms with Crippen LogP contribution in [-0.2, 0) is 28.2 Å². The number of carbonyl (C=O) groups excluding carboxylic acids is 3. The van der Waals surface area contributed by atoms with E-state index in [1.54, 1.807) is 52.2 Å². The van der Waals surface area contributed by atoms with Crippen molar-refractivity contribution in [2.45, 2.75) is 128 Å². The minimum absolute atomic E-state index is 0.297. The van der Waals surface area contributed by atoms with E-state index in [0.717, 1.165) is 11.1 Å². The SMILES string of the molecule is C=CC[C@H](C)[C@H](OC(=O)OCC(Cl)(Cl)Cl)[C@@H](C)C(=O)C(C)(C)[C@H](CC(=O)O[C@@H](C/C=C(\C=C)C(F)(F)F)/C(C)=C/c1csc(C)n1)O[Si](CC)(CC)CC. The van der Waals surface area contributed by atoms with Crippen LogP contribution in [0.5, 0.6) is 0 Å². The molecule has 0 N–H and O–H groups in total. The number of allylic oxidation sites excluding steroid dienone is 3. The highest BCUT2D eigenvalue weighted by molar-refractivity contribution is 7.09. The second-order valence-electron chi connectivity index (χ2n) is 13.9. The Bertz CT molecular complexity index is 1480. The van der Waals surface area contributed by atoms with Gasteiger partial charge in [-0.3, -0.25) is 9.59 Å². The van der Waals surface area contributed by atoms with Crippen molar-refractivity contribution in [1.29, 1.82) is 0 Å². The Labute approximate surface area is 338 Å². The summed E-state index contributed by atoms with van der Waals surface area (Å²) in [5.74, 6) is -2.45. The Morgan fingerprint density at radius 2 is 1.61 bits per heavy atom. The Balaban J connectivity index is 3.63. The van der Waals surface area contributed by atoms with Gasteiger partial charge in [0.15, 0.2) is 8.32 Å². The summed E-state index contributed by atoms with van der Waals surface area (Å²) in [7, 11) is -2.50. The van der Waals surface area contributed by atoms with Gasteiger partial charge in [0.1, 0.15) is 24.6 Å². The molecular weight excluding hydrogens is 806 g/mol. The van der Waals surface area contributed by atoms with Gasteiger partial charge in [-0.1, -0.05) is 108 Å². The van der Waals surface area contributed by atoms with Crippen LogP contribution in [0.4, 0.5) is 18.0 Å². The van der Waals surface area contributed by atoms with Crippen LogP contribution in [0, 0.1) is 24.2 Å². The number of hydrogen-bond donors (Lipinski definition) is 0. The van der Waals surface area contributed by atoms with E-state index in [9.17, 15) is 27.6 Å². The summed E-state index contributed by atoms with van der Waals surface area (Å²) in [5.41, 5.74) is -1.28. The third-order valence-corrected chi connectivity index (χ3v) is 15.4. The second kappa shape index (κ2) is 22.0. The Hall–Kier alpha value is -2.16. The smallest absolute Gasteiger partial charge is 0.457 e. The maximum Gasteiger partial charge on any atom is 0.508 e. The summed E-state index contributed by atoms with van der Waals surface area (Å²) in [6.45, 7) is 22.7. The monoisotopic (exact) mass is 859 g/mol. The normalized spacial score (nSPS) is 16.1. The number of alkyl halides is 6. The average molecular weight is 861 g/mol. The fraction of sp³-hybridized carbons (Fsp3) is 0.632. The van der Waals surface area contributed by atoms with Gasteiger partial charge >= 0.3 is 18.3 Å². The van der Waals surface area contributed by atoms with Crippen molar-refractivity contribution in [2.24, 2.45) is 17.3 Å². The third-order valence-electron chi connectivity index (χ3n) is 9.60. The molecule has 0 fully saturated rings. The van der Waals surface area contributed by atoms with Crippen molar-refractivity contribution in [3.05, 3.63) is 58.6 Å².